The average Bonchev–Trinajstić information content (AvgIpc) is 3.03. The number of rotatable bonds is 7. The minimum Gasteiger partial charge on any atom is -0.389 e. The molecule has 1 amide bonds. The van der Waals surface area contributed by atoms with Gasteiger partial charge in [0, 0.05) is 19.1 Å². The average molecular weight is 228 g/mol. The van der Waals surface area contributed by atoms with Crippen LogP contribution in [-0.4, -0.2) is 47.2 Å². The van der Waals surface area contributed by atoms with Crippen molar-refractivity contribution in [2.24, 2.45) is 0 Å². The van der Waals surface area contributed by atoms with Gasteiger partial charge in [0.15, 0.2) is 0 Å². The molecule has 4 heteroatoms. The minimum atomic E-state index is -0.711. The summed E-state index contributed by atoms with van der Waals surface area (Å²) in [6.45, 7) is 7.32. The first-order chi connectivity index (χ1) is 7.50. The largest absolute Gasteiger partial charge is 0.389 e. The van der Waals surface area contributed by atoms with Gasteiger partial charge in [0.2, 0.25) is 5.91 Å². The smallest absolute Gasteiger partial charge is 0.236 e. The standard InChI is InChI=1S/C12H24N2O2/c1-4-12(3,16)9-13-8-11(15)14(5-2)10-6-7-10/h10,13,16H,4-9H2,1-3H3. The van der Waals surface area contributed by atoms with Gasteiger partial charge >= 0.3 is 0 Å². The summed E-state index contributed by atoms with van der Waals surface area (Å²) in [6.07, 6.45) is 2.98. The summed E-state index contributed by atoms with van der Waals surface area (Å²) in [4.78, 5) is 13.7. The van der Waals surface area contributed by atoms with Gasteiger partial charge in [-0.05, 0) is 33.1 Å². The Morgan fingerprint density at radius 1 is 1.50 bits per heavy atom. The van der Waals surface area contributed by atoms with Crippen molar-refractivity contribution < 1.29 is 9.90 Å². The molecule has 0 aromatic carbocycles. The highest BCUT2D eigenvalue weighted by Gasteiger charge is 2.31. The van der Waals surface area contributed by atoms with E-state index in [1.54, 1.807) is 6.92 Å². The summed E-state index contributed by atoms with van der Waals surface area (Å²) < 4.78 is 0. The molecular formula is C12H24N2O2. The first-order valence-electron chi connectivity index (χ1n) is 6.22. The van der Waals surface area contributed by atoms with E-state index >= 15 is 0 Å². The van der Waals surface area contributed by atoms with Gasteiger partial charge in [-0.2, -0.15) is 0 Å². The van der Waals surface area contributed by atoms with Crippen molar-refractivity contribution in [1.29, 1.82) is 0 Å². The number of likely N-dealkylation sites (N-methyl/N-ethyl adjacent to an activating group) is 1. The lowest BCUT2D eigenvalue weighted by Gasteiger charge is -2.24. The fraction of sp³-hybridized carbons (Fsp3) is 0.917. The Morgan fingerprint density at radius 2 is 2.12 bits per heavy atom. The van der Waals surface area contributed by atoms with Crippen molar-refractivity contribution in [2.45, 2.75) is 51.7 Å². The molecule has 94 valence electrons. The highest BCUT2D eigenvalue weighted by Crippen LogP contribution is 2.26. The molecule has 0 spiro atoms. The molecule has 0 heterocycles. The third-order valence-corrected chi connectivity index (χ3v) is 3.19. The second-order valence-corrected chi connectivity index (χ2v) is 4.86. The van der Waals surface area contributed by atoms with E-state index in [0.29, 0.717) is 25.6 Å². The second-order valence-electron chi connectivity index (χ2n) is 4.86. The molecule has 1 rings (SSSR count). The highest BCUT2D eigenvalue weighted by molar-refractivity contribution is 5.78. The summed E-state index contributed by atoms with van der Waals surface area (Å²) in [5.41, 5.74) is -0.711. The molecule has 1 aliphatic carbocycles. The third kappa shape index (κ3) is 4.10. The molecule has 1 aliphatic rings. The Morgan fingerprint density at radius 3 is 2.56 bits per heavy atom. The lowest BCUT2D eigenvalue weighted by molar-refractivity contribution is -0.130. The molecule has 0 radical (unpaired) electrons. The lowest BCUT2D eigenvalue weighted by Crippen LogP contribution is -2.44. The van der Waals surface area contributed by atoms with E-state index in [1.807, 2.05) is 18.7 Å². The quantitative estimate of drug-likeness (QED) is 0.676. The maximum Gasteiger partial charge on any atom is 0.236 e. The number of carbonyl (C=O) groups is 1. The number of amides is 1. The first kappa shape index (κ1) is 13.5. The molecule has 1 fully saturated rings. The number of hydrogen-bond acceptors (Lipinski definition) is 3. The zero-order chi connectivity index (χ0) is 12.2. The van der Waals surface area contributed by atoms with Crippen molar-refractivity contribution in [3.05, 3.63) is 0 Å². The lowest BCUT2D eigenvalue weighted by atomic mass is 10.0. The van der Waals surface area contributed by atoms with Gasteiger partial charge in [0.05, 0.1) is 12.1 Å². The van der Waals surface area contributed by atoms with Crippen molar-refractivity contribution >= 4 is 5.91 Å². The summed E-state index contributed by atoms with van der Waals surface area (Å²) in [7, 11) is 0. The topological polar surface area (TPSA) is 52.6 Å². The number of hydrogen-bond donors (Lipinski definition) is 2. The van der Waals surface area contributed by atoms with Crippen LogP contribution in [0.2, 0.25) is 0 Å². The Hall–Kier alpha value is -0.610. The molecule has 0 aliphatic heterocycles. The second kappa shape index (κ2) is 5.64. The van der Waals surface area contributed by atoms with Crippen LogP contribution in [0.3, 0.4) is 0 Å². The zero-order valence-electron chi connectivity index (χ0n) is 10.6. The predicted molar refractivity (Wildman–Crippen MR) is 64.2 cm³/mol. The van der Waals surface area contributed by atoms with Crippen LogP contribution in [0.15, 0.2) is 0 Å². The monoisotopic (exact) mass is 228 g/mol. The van der Waals surface area contributed by atoms with Crippen LogP contribution in [-0.2, 0) is 4.79 Å². The number of carbonyl (C=O) groups excluding carboxylic acids is 1. The zero-order valence-corrected chi connectivity index (χ0v) is 10.6. The predicted octanol–water partition coefficient (Wildman–Crippen LogP) is 0.748. The van der Waals surface area contributed by atoms with Crippen molar-refractivity contribution in [2.75, 3.05) is 19.6 Å². The van der Waals surface area contributed by atoms with Gasteiger partial charge in [-0.3, -0.25) is 4.79 Å². The first-order valence-corrected chi connectivity index (χ1v) is 6.22. The van der Waals surface area contributed by atoms with E-state index in [0.717, 1.165) is 19.4 Å². The molecular weight excluding hydrogens is 204 g/mol. The van der Waals surface area contributed by atoms with Crippen LogP contribution in [0.25, 0.3) is 0 Å². The Balaban J connectivity index is 2.23. The van der Waals surface area contributed by atoms with Gasteiger partial charge in [0.1, 0.15) is 0 Å². The molecule has 0 aromatic rings. The van der Waals surface area contributed by atoms with E-state index in [2.05, 4.69) is 5.32 Å². The van der Waals surface area contributed by atoms with Crippen molar-refractivity contribution in [3.63, 3.8) is 0 Å². The van der Waals surface area contributed by atoms with Crippen molar-refractivity contribution in [3.8, 4) is 0 Å². The van der Waals surface area contributed by atoms with E-state index in [1.165, 1.54) is 0 Å². The Labute approximate surface area is 98.0 Å². The van der Waals surface area contributed by atoms with Gasteiger partial charge in [-0.15, -0.1) is 0 Å². The molecule has 1 unspecified atom stereocenters. The normalized spacial score (nSPS) is 19.2. The SMILES string of the molecule is CCN(C(=O)CNCC(C)(O)CC)C1CC1. The van der Waals surface area contributed by atoms with Crippen LogP contribution in [0.1, 0.15) is 40.0 Å². The summed E-state index contributed by atoms with van der Waals surface area (Å²) >= 11 is 0. The number of aliphatic hydroxyl groups is 1. The number of nitrogens with zero attached hydrogens (tertiary/aromatic N) is 1. The third-order valence-electron chi connectivity index (χ3n) is 3.19. The van der Waals surface area contributed by atoms with E-state index in [4.69, 9.17) is 0 Å². The Bertz CT molecular complexity index is 237. The fourth-order valence-electron chi connectivity index (χ4n) is 1.69. The molecule has 1 atom stereocenters. The van der Waals surface area contributed by atoms with Gasteiger partial charge in [-0.25, -0.2) is 0 Å². The molecule has 4 nitrogen and oxygen atoms in total. The summed E-state index contributed by atoms with van der Waals surface area (Å²) in [6, 6.07) is 0.478. The van der Waals surface area contributed by atoms with Crippen LogP contribution < -0.4 is 5.32 Å². The molecule has 2 N–H and O–H groups in total. The molecule has 0 saturated heterocycles. The maximum atomic E-state index is 11.8. The van der Waals surface area contributed by atoms with E-state index in [9.17, 15) is 9.90 Å². The van der Waals surface area contributed by atoms with E-state index < -0.39 is 5.60 Å². The van der Waals surface area contributed by atoms with Gasteiger partial charge in [0.25, 0.3) is 0 Å². The van der Waals surface area contributed by atoms with Gasteiger partial charge in [-0.1, -0.05) is 6.92 Å². The molecule has 0 bridgehead atoms. The van der Waals surface area contributed by atoms with Crippen LogP contribution in [0.4, 0.5) is 0 Å². The molecule has 0 aromatic heterocycles. The van der Waals surface area contributed by atoms with Crippen LogP contribution in [0.5, 0.6) is 0 Å². The van der Waals surface area contributed by atoms with Crippen molar-refractivity contribution in [1.82, 2.24) is 10.2 Å². The van der Waals surface area contributed by atoms with Crippen LogP contribution >= 0.6 is 0 Å². The van der Waals surface area contributed by atoms with Gasteiger partial charge < -0.3 is 15.3 Å². The maximum absolute atomic E-state index is 11.8. The molecule has 1 saturated carbocycles. The minimum absolute atomic E-state index is 0.150. The van der Waals surface area contributed by atoms with E-state index in [-0.39, 0.29) is 5.91 Å². The number of nitrogens with one attached hydrogen (secondary N) is 1. The highest BCUT2D eigenvalue weighted by atomic mass is 16.3. The molecule has 16 heavy (non-hydrogen) atoms. The van der Waals surface area contributed by atoms with Crippen LogP contribution in [0, 0.1) is 0 Å². The summed E-state index contributed by atoms with van der Waals surface area (Å²) in [5.74, 6) is 0.150. The fourth-order valence-corrected chi connectivity index (χ4v) is 1.69. The summed E-state index contributed by atoms with van der Waals surface area (Å²) in [5, 5.41) is 12.8. The Kier molecular flexibility index (Phi) is 4.74.